The third kappa shape index (κ3) is 4.21. The van der Waals surface area contributed by atoms with E-state index >= 15 is 0 Å². The summed E-state index contributed by atoms with van der Waals surface area (Å²) in [6.07, 6.45) is 0. The first-order chi connectivity index (χ1) is 12.6. The molecule has 26 heavy (non-hydrogen) atoms. The molecule has 0 saturated carbocycles. The molecular weight excluding hydrogens is 346 g/mol. The molecule has 3 rings (SSSR count). The van der Waals surface area contributed by atoms with Gasteiger partial charge in [-0.1, -0.05) is 29.8 Å². The summed E-state index contributed by atoms with van der Waals surface area (Å²) in [4.78, 5) is 18.7. The van der Waals surface area contributed by atoms with Crippen molar-refractivity contribution in [2.75, 3.05) is 30.9 Å². The van der Waals surface area contributed by atoms with Crippen molar-refractivity contribution in [1.29, 1.82) is 0 Å². The molecule has 1 heterocycles. The molecule has 0 bridgehead atoms. The van der Waals surface area contributed by atoms with Crippen LogP contribution in [0.4, 0.5) is 10.8 Å². The Hall–Kier alpha value is -2.86. The number of rotatable bonds is 6. The van der Waals surface area contributed by atoms with E-state index in [0.29, 0.717) is 5.13 Å². The van der Waals surface area contributed by atoms with Gasteiger partial charge < -0.3 is 15.0 Å². The van der Waals surface area contributed by atoms with Crippen LogP contribution in [0.3, 0.4) is 0 Å². The van der Waals surface area contributed by atoms with Crippen molar-refractivity contribution in [1.82, 2.24) is 4.98 Å². The van der Waals surface area contributed by atoms with Gasteiger partial charge in [0.15, 0.2) is 5.13 Å². The molecule has 2 aromatic carbocycles. The normalized spacial score (nSPS) is 10.4. The van der Waals surface area contributed by atoms with Crippen LogP contribution in [0.1, 0.15) is 5.56 Å². The number of nitrogens with zero attached hydrogens (tertiary/aromatic N) is 2. The lowest BCUT2D eigenvalue weighted by Crippen LogP contribution is -2.29. The summed E-state index contributed by atoms with van der Waals surface area (Å²) < 4.78 is 5.42. The summed E-state index contributed by atoms with van der Waals surface area (Å²) in [5.41, 5.74) is 3.84. The molecule has 0 saturated heterocycles. The van der Waals surface area contributed by atoms with Gasteiger partial charge in [-0.15, -0.1) is 11.3 Å². The van der Waals surface area contributed by atoms with Gasteiger partial charge in [-0.3, -0.25) is 4.79 Å². The van der Waals surface area contributed by atoms with Gasteiger partial charge in [-0.25, -0.2) is 4.98 Å². The van der Waals surface area contributed by atoms with Gasteiger partial charge in [0.25, 0.3) is 0 Å². The topological polar surface area (TPSA) is 54.5 Å². The summed E-state index contributed by atoms with van der Waals surface area (Å²) >= 11 is 1.40. The Morgan fingerprint density at radius 1 is 1.23 bits per heavy atom. The first-order valence-electron chi connectivity index (χ1n) is 8.23. The van der Waals surface area contributed by atoms with Crippen molar-refractivity contribution >= 4 is 28.1 Å². The third-order valence-corrected chi connectivity index (χ3v) is 4.72. The number of para-hydroxylation sites is 1. The lowest BCUT2D eigenvalue weighted by atomic mass is 10.1. The smallest absolute Gasteiger partial charge is 0.245 e. The summed E-state index contributed by atoms with van der Waals surface area (Å²) in [6, 6.07) is 15.8. The van der Waals surface area contributed by atoms with Crippen LogP contribution in [-0.4, -0.2) is 31.6 Å². The van der Waals surface area contributed by atoms with Crippen LogP contribution in [-0.2, 0) is 4.79 Å². The number of hydrogen-bond donors (Lipinski definition) is 1. The zero-order valence-electron chi connectivity index (χ0n) is 15.0. The minimum atomic E-state index is -0.103. The maximum atomic E-state index is 12.3. The molecule has 0 radical (unpaired) electrons. The number of methoxy groups -OCH3 is 1. The van der Waals surface area contributed by atoms with Gasteiger partial charge in [-0.2, -0.15) is 0 Å². The molecule has 5 nitrogen and oxygen atoms in total. The summed E-state index contributed by atoms with van der Waals surface area (Å²) in [5.74, 6) is 0.663. The minimum Gasteiger partial charge on any atom is -0.496 e. The fourth-order valence-corrected chi connectivity index (χ4v) is 3.35. The van der Waals surface area contributed by atoms with Gasteiger partial charge >= 0.3 is 0 Å². The van der Waals surface area contributed by atoms with Crippen molar-refractivity contribution in [3.05, 3.63) is 59.5 Å². The van der Waals surface area contributed by atoms with Crippen LogP contribution >= 0.6 is 11.3 Å². The molecule has 134 valence electrons. The maximum absolute atomic E-state index is 12.3. The zero-order chi connectivity index (χ0) is 18.5. The van der Waals surface area contributed by atoms with E-state index in [1.165, 1.54) is 11.3 Å². The van der Waals surface area contributed by atoms with E-state index in [4.69, 9.17) is 4.74 Å². The standard InChI is InChI=1S/C20H21N3O2S/c1-14-9-10-18(25-3)16(11-14)17-13-26-20(21-17)22-19(24)12-23(2)15-7-5-4-6-8-15/h4-11,13H,12H2,1-3H3,(H,21,22,24). The van der Waals surface area contributed by atoms with Gasteiger partial charge in [0.1, 0.15) is 5.75 Å². The van der Waals surface area contributed by atoms with Gasteiger partial charge in [-0.05, 0) is 31.2 Å². The first kappa shape index (κ1) is 17.9. The molecule has 0 aliphatic carbocycles. The summed E-state index contributed by atoms with van der Waals surface area (Å²) in [6.45, 7) is 2.28. The fraction of sp³-hybridized carbons (Fsp3) is 0.200. The van der Waals surface area contributed by atoms with Gasteiger partial charge in [0.05, 0.1) is 19.3 Å². The monoisotopic (exact) mass is 367 g/mol. The summed E-state index contributed by atoms with van der Waals surface area (Å²) in [7, 11) is 3.53. The molecule has 0 unspecified atom stereocenters. The number of anilines is 2. The van der Waals surface area contributed by atoms with E-state index in [1.807, 2.05) is 72.8 Å². The number of likely N-dealkylation sites (N-methyl/N-ethyl adjacent to an activating group) is 1. The predicted molar refractivity (Wildman–Crippen MR) is 107 cm³/mol. The third-order valence-electron chi connectivity index (χ3n) is 3.96. The summed E-state index contributed by atoms with van der Waals surface area (Å²) in [5, 5.41) is 5.37. The van der Waals surface area contributed by atoms with Crippen molar-refractivity contribution in [3.63, 3.8) is 0 Å². The lowest BCUT2D eigenvalue weighted by molar-refractivity contribution is -0.114. The molecule has 0 aliphatic heterocycles. The highest BCUT2D eigenvalue weighted by Crippen LogP contribution is 2.32. The number of ether oxygens (including phenoxy) is 1. The molecule has 6 heteroatoms. The van der Waals surface area contributed by atoms with Crippen LogP contribution in [0.2, 0.25) is 0 Å². The van der Waals surface area contributed by atoms with E-state index in [-0.39, 0.29) is 12.5 Å². The van der Waals surface area contributed by atoms with Crippen LogP contribution in [0.15, 0.2) is 53.9 Å². The Labute approximate surface area is 157 Å². The Morgan fingerprint density at radius 2 is 2.00 bits per heavy atom. The molecule has 0 aliphatic rings. The van der Waals surface area contributed by atoms with Crippen LogP contribution in [0.25, 0.3) is 11.3 Å². The quantitative estimate of drug-likeness (QED) is 0.709. The molecule has 1 amide bonds. The highest BCUT2D eigenvalue weighted by atomic mass is 32.1. The number of thiazole rings is 1. The minimum absolute atomic E-state index is 0.103. The SMILES string of the molecule is COc1ccc(C)cc1-c1csc(NC(=O)CN(C)c2ccccc2)n1. The maximum Gasteiger partial charge on any atom is 0.245 e. The largest absolute Gasteiger partial charge is 0.496 e. The molecule has 3 aromatic rings. The average molecular weight is 367 g/mol. The first-order valence-corrected chi connectivity index (χ1v) is 9.11. The Kier molecular flexibility index (Phi) is 5.53. The highest BCUT2D eigenvalue weighted by molar-refractivity contribution is 7.14. The number of benzene rings is 2. The van der Waals surface area contributed by atoms with Crippen LogP contribution in [0.5, 0.6) is 5.75 Å². The number of hydrogen-bond acceptors (Lipinski definition) is 5. The van der Waals surface area contributed by atoms with E-state index in [2.05, 4.69) is 10.3 Å². The van der Waals surface area contributed by atoms with E-state index < -0.39 is 0 Å². The Balaban J connectivity index is 1.69. The molecule has 0 fully saturated rings. The molecule has 1 aromatic heterocycles. The second-order valence-electron chi connectivity index (χ2n) is 5.98. The van der Waals surface area contributed by atoms with Crippen molar-refractivity contribution in [3.8, 4) is 17.0 Å². The van der Waals surface area contributed by atoms with E-state index in [9.17, 15) is 4.79 Å². The number of carbonyl (C=O) groups excluding carboxylic acids is 1. The number of amides is 1. The van der Waals surface area contributed by atoms with Crippen LogP contribution in [0, 0.1) is 6.92 Å². The number of aryl methyl sites for hydroxylation is 1. The molecule has 0 spiro atoms. The Morgan fingerprint density at radius 3 is 2.73 bits per heavy atom. The second-order valence-corrected chi connectivity index (χ2v) is 6.84. The van der Waals surface area contributed by atoms with Crippen molar-refractivity contribution in [2.24, 2.45) is 0 Å². The Bertz CT molecular complexity index is 893. The average Bonchev–Trinajstić information content (AvgIpc) is 3.10. The lowest BCUT2D eigenvalue weighted by Gasteiger charge is -2.18. The highest BCUT2D eigenvalue weighted by Gasteiger charge is 2.13. The van der Waals surface area contributed by atoms with Crippen molar-refractivity contribution in [2.45, 2.75) is 6.92 Å². The zero-order valence-corrected chi connectivity index (χ0v) is 15.8. The second kappa shape index (κ2) is 8.01. The number of aromatic nitrogens is 1. The van der Waals surface area contributed by atoms with E-state index in [1.54, 1.807) is 7.11 Å². The van der Waals surface area contributed by atoms with E-state index in [0.717, 1.165) is 28.3 Å². The molecular formula is C20H21N3O2S. The van der Waals surface area contributed by atoms with Crippen LogP contribution < -0.4 is 15.0 Å². The van der Waals surface area contributed by atoms with Gasteiger partial charge in [0, 0.05) is 23.7 Å². The molecule has 0 atom stereocenters. The fourth-order valence-electron chi connectivity index (χ4n) is 2.62. The number of nitrogens with one attached hydrogen (secondary N) is 1. The van der Waals surface area contributed by atoms with Gasteiger partial charge in [0.2, 0.25) is 5.91 Å². The van der Waals surface area contributed by atoms with Crippen molar-refractivity contribution < 1.29 is 9.53 Å². The number of carbonyl (C=O) groups is 1. The predicted octanol–water partition coefficient (Wildman–Crippen LogP) is 4.20. The molecule has 1 N–H and O–H groups in total.